The van der Waals surface area contributed by atoms with Gasteiger partial charge in [-0.1, -0.05) is 25.1 Å². The van der Waals surface area contributed by atoms with Crippen LogP contribution in [0.3, 0.4) is 0 Å². The Hall–Kier alpha value is -2.69. The number of hydrogen-bond donors (Lipinski definition) is 1. The first kappa shape index (κ1) is 17.7. The van der Waals surface area contributed by atoms with Crippen molar-refractivity contribution in [3.8, 4) is 0 Å². The van der Waals surface area contributed by atoms with Crippen LogP contribution in [0, 0.1) is 0 Å². The van der Waals surface area contributed by atoms with Crippen molar-refractivity contribution in [1.29, 1.82) is 0 Å². The molecule has 0 bridgehead atoms. The Balaban J connectivity index is 2.24. The highest BCUT2D eigenvalue weighted by molar-refractivity contribution is 6.06. The van der Waals surface area contributed by atoms with E-state index in [1.54, 1.807) is 17.0 Å². The van der Waals surface area contributed by atoms with Crippen LogP contribution in [0.25, 0.3) is 0 Å². The zero-order valence-electron chi connectivity index (χ0n) is 14.3. The summed E-state index contributed by atoms with van der Waals surface area (Å²) in [7, 11) is 0. The molecule has 1 aromatic carbocycles. The SMILES string of the molecule is CCC(C)NC(=O)c1ccnc(C(=O)N(CC)c2ccccc2)c1. The normalized spacial score (nSPS) is 11.6. The fraction of sp³-hybridized carbons (Fsp3) is 0.316. The number of carbonyl (C=O) groups excluding carboxylic acids is 2. The molecule has 0 radical (unpaired) electrons. The van der Waals surface area contributed by atoms with Crippen LogP contribution in [0.15, 0.2) is 48.7 Å². The van der Waals surface area contributed by atoms with Crippen molar-refractivity contribution in [3.05, 3.63) is 59.9 Å². The third-order valence-corrected chi connectivity index (χ3v) is 3.86. The molecule has 5 nitrogen and oxygen atoms in total. The largest absolute Gasteiger partial charge is 0.350 e. The lowest BCUT2D eigenvalue weighted by molar-refractivity contribution is 0.0939. The van der Waals surface area contributed by atoms with E-state index in [1.807, 2.05) is 51.1 Å². The van der Waals surface area contributed by atoms with Crippen molar-refractivity contribution in [3.63, 3.8) is 0 Å². The van der Waals surface area contributed by atoms with E-state index >= 15 is 0 Å². The average molecular weight is 325 g/mol. The number of amides is 2. The first-order valence-corrected chi connectivity index (χ1v) is 8.20. The fourth-order valence-corrected chi connectivity index (χ4v) is 2.29. The van der Waals surface area contributed by atoms with Crippen molar-refractivity contribution in [2.75, 3.05) is 11.4 Å². The highest BCUT2D eigenvalue weighted by Crippen LogP contribution is 2.16. The highest BCUT2D eigenvalue weighted by Gasteiger charge is 2.19. The maximum absolute atomic E-state index is 12.8. The molecule has 2 rings (SSSR count). The van der Waals surface area contributed by atoms with Crippen LogP contribution in [0.5, 0.6) is 0 Å². The third-order valence-electron chi connectivity index (χ3n) is 3.86. The molecule has 126 valence electrons. The molecule has 0 saturated carbocycles. The van der Waals surface area contributed by atoms with Gasteiger partial charge in [0.2, 0.25) is 0 Å². The second-order valence-electron chi connectivity index (χ2n) is 5.60. The third kappa shape index (κ3) is 4.19. The number of para-hydroxylation sites is 1. The van der Waals surface area contributed by atoms with E-state index in [4.69, 9.17) is 0 Å². The number of nitrogens with zero attached hydrogens (tertiary/aromatic N) is 2. The molecular weight excluding hydrogens is 302 g/mol. The van der Waals surface area contributed by atoms with Gasteiger partial charge >= 0.3 is 0 Å². The van der Waals surface area contributed by atoms with Gasteiger partial charge in [-0.3, -0.25) is 14.6 Å². The molecule has 0 aliphatic carbocycles. The molecule has 24 heavy (non-hydrogen) atoms. The summed E-state index contributed by atoms with van der Waals surface area (Å²) in [5, 5.41) is 2.90. The molecule has 2 aromatic rings. The summed E-state index contributed by atoms with van der Waals surface area (Å²) in [6, 6.07) is 12.7. The van der Waals surface area contributed by atoms with Crippen LogP contribution in [0.2, 0.25) is 0 Å². The van der Waals surface area contributed by atoms with Crippen molar-refractivity contribution in [2.45, 2.75) is 33.2 Å². The van der Waals surface area contributed by atoms with E-state index in [-0.39, 0.29) is 23.6 Å². The monoisotopic (exact) mass is 325 g/mol. The second-order valence-corrected chi connectivity index (χ2v) is 5.60. The van der Waals surface area contributed by atoms with Crippen LogP contribution >= 0.6 is 0 Å². The van der Waals surface area contributed by atoms with E-state index < -0.39 is 0 Å². The van der Waals surface area contributed by atoms with Gasteiger partial charge < -0.3 is 10.2 Å². The maximum Gasteiger partial charge on any atom is 0.276 e. The summed E-state index contributed by atoms with van der Waals surface area (Å²) in [5.41, 5.74) is 1.51. The van der Waals surface area contributed by atoms with Gasteiger partial charge in [0, 0.05) is 30.0 Å². The summed E-state index contributed by atoms with van der Waals surface area (Å²) in [5.74, 6) is -0.412. The molecule has 0 spiro atoms. The van der Waals surface area contributed by atoms with Gasteiger partial charge in [-0.05, 0) is 44.5 Å². The molecule has 2 amide bonds. The molecule has 1 unspecified atom stereocenters. The number of anilines is 1. The molecule has 1 N–H and O–H groups in total. The Morgan fingerprint density at radius 3 is 2.50 bits per heavy atom. The van der Waals surface area contributed by atoms with Gasteiger partial charge in [0.15, 0.2) is 0 Å². The minimum absolute atomic E-state index is 0.0845. The Kier molecular flexibility index (Phi) is 6.07. The van der Waals surface area contributed by atoms with E-state index in [1.165, 1.54) is 6.20 Å². The number of benzene rings is 1. The van der Waals surface area contributed by atoms with Crippen LogP contribution in [0.4, 0.5) is 5.69 Å². The molecule has 1 aromatic heterocycles. The summed E-state index contributed by atoms with van der Waals surface area (Å²) in [4.78, 5) is 30.8. The first-order chi connectivity index (χ1) is 11.6. The predicted octanol–water partition coefficient (Wildman–Crippen LogP) is 3.28. The Morgan fingerprint density at radius 2 is 1.88 bits per heavy atom. The van der Waals surface area contributed by atoms with Gasteiger partial charge in [-0.2, -0.15) is 0 Å². The van der Waals surface area contributed by atoms with Crippen molar-refractivity contribution in [2.24, 2.45) is 0 Å². The molecule has 0 saturated heterocycles. The molecule has 1 heterocycles. The fourth-order valence-electron chi connectivity index (χ4n) is 2.29. The Bertz CT molecular complexity index is 701. The minimum atomic E-state index is -0.220. The van der Waals surface area contributed by atoms with Crippen molar-refractivity contribution in [1.82, 2.24) is 10.3 Å². The Labute approximate surface area is 142 Å². The zero-order valence-corrected chi connectivity index (χ0v) is 14.3. The van der Waals surface area contributed by atoms with Crippen molar-refractivity contribution < 1.29 is 9.59 Å². The van der Waals surface area contributed by atoms with Crippen LogP contribution < -0.4 is 10.2 Å². The van der Waals surface area contributed by atoms with Crippen LogP contribution in [-0.2, 0) is 0 Å². The topological polar surface area (TPSA) is 62.3 Å². The summed E-state index contributed by atoms with van der Waals surface area (Å²) >= 11 is 0. The van der Waals surface area contributed by atoms with E-state index in [9.17, 15) is 9.59 Å². The molecular formula is C19H23N3O2. The quantitative estimate of drug-likeness (QED) is 0.886. The summed E-state index contributed by atoms with van der Waals surface area (Å²) < 4.78 is 0. The van der Waals surface area contributed by atoms with Crippen LogP contribution in [-0.4, -0.2) is 29.4 Å². The molecule has 5 heteroatoms. The van der Waals surface area contributed by atoms with Crippen molar-refractivity contribution >= 4 is 17.5 Å². The standard InChI is InChI=1S/C19H23N3O2/c1-4-14(3)21-18(23)15-11-12-20-17(13-15)19(24)22(5-2)16-9-7-6-8-10-16/h6-14H,4-5H2,1-3H3,(H,21,23). The smallest absolute Gasteiger partial charge is 0.276 e. The van der Waals surface area contributed by atoms with Crippen LogP contribution in [0.1, 0.15) is 48.0 Å². The van der Waals surface area contributed by atoms with E-state index in [0.717, 1.165) is 12.1 Å². The van der Waals surface area contributed by atoms with E-state index in [0.29, 0.717) is 12.1 Å². The first-order valence-electron chi connectivity index (χ1n) is 8.20. The lowest BCUT2D eigenvalue weighted by Crippen LogP contribution is -2.33. The Morgan fingerprint density at radius 1 is 1.17 bits per heavy atom. The van der Waals surface area contributed by atoms with Gasteiger partial charge in [-0.15, -0.1) is 0 Å². The molecule has 0 aliphatic heterocycles. The number of pyridine rings is 1. The van der Waals surface area contributed by atoms with Gasteiger partial charge in [0.25, 0.3) is 11.8 Å². The maximum atomic E-state index is 12.8. The lowest BCUT2D eigenvalue weighted by Gasteiger charge is -2.20. The van der Waals surface area contributed by atoms with Gasteiger partial charge in [0.1, 0.15) is 5.69 Å². The zero-order chi connectivity index (χ0) is 17.5. The molecule has 0 fully saturated rings. The van der Waals surface area contributed by atoms with Gasteiger partial charge in [-0.25, -0.2) is 0 Å². The predicted molar refractivity (Wildman–Crippen MR) is 95.2 cm³/mol. The number of carbonyl (C=O) groups is 2. The highest BCUT2D eigenvalue weighted by atomic mass is 16.2. The summed E-state index contributed by atoms with van der Waals surface area (Å²) in [6.45, 7) is 6.38. The number of rotatable bonds is 6. The molecule has 0 aliphatic rings. The number of aromatic nitrogens is 1. The van der Waals surface area contributed by atoms with E-state index in [2.05, 4.69) is 10.3 Å². The minimum Gasteiger partial charge on any atom is -0.350 e. The van der Waals surface area contributed by atoms with Gasteiger partial charge in [0.05, 0.1) is 0 Å². The molecule has 1 atom stereocenters. The number of nitrogens with one attached hydrogen (secondary N) is 1. The number of hydrogen-bond acceptors (Lipinski definition) is 3. The lowest BCUT2D eigenvalue weighted by atomic mass is 10.1. The second kappa shape index (κ2) is 8.24. The average Bonchev–Trinajstić information content (AvgIpc) is 2.63. The summed E-state index contributed by atoms with van der Waals surface area (Å²) in [6.07, 6.45) is 2.35.